The Balaban J connectivity index is 1.91. The van der Waals surface area contributed by atoms with Crippen LogP contribution in [0.2, 0.25) is 0 Å². The molecular weight excluding hydrogens is 268 g/mol. The van der Waals surface area contributed by atoms with Crippen LogP contribution in [0, 0.1) is 11.6 Å². The van der Waals surface area contributed by atoms with E-state index in [0.29, 0.717) is 0 Å². The van der Waals surface area contributed by atoms with Crippen LogP contribution in [-0.4, -0.2) is 0 Å². The van der Waals surface area contributed by atoms with Gasteiger partial charge in [-0.1, -0.05) is 36.4 Å². The summed E-state index contributed by atoms with van der Waals surface area (Å²) in [4.78, 5) is 0. The predicted molar refractivity (Wildman–Crippen MR) is 82.3 cm³/mol. The first-order valence-electron chi connectivity index (χ1n) is 6.84. The van der Waals surface area contributed by atoms with Crippen molar-refractivity contribution in [3.8, 4) is 0 Å². The van der Waals surface area contributed by atoms with Gasteiger partial charge in [0, 0.05) is 11.3 Å². The lowest BCUT2D eigenvalue weighted by molar-refractivity contribution is 0.544. The molecule has 0 aromatic heterocycles. The number of hydrogen-bond acceptors (Lipinski definition) is 1. The van der Waals surface area contributed by atoms with Gasteiger partial charge in [-0.3, -0.25) is 0 Å². The van der Waals surface area contributed by atoms with Crippen molar-refractivity contribution in [2.75, 3.05) is 5.32 Å². The minimum absolute atomic E-state index is 0.0608. The van der Waals surface area contributed by atoms with Gasteiger partial charge in [0.15, 0.2) is 0 Å². The number of nitrogens with one attached hydrogen (secondary N) is 1. The van der Waals surface area contributed by atoms with Crippen LogP contribution < -0.4 is 5.32 Å². The van der Waals surface area contributed by atoms with E-state index in [2.05, 4.69) is 5.32 Å². The van der Waals surface area contributed by atoms with E-state index < -0.39 is 17.7 Å². The molecule has 3 heteroatoms. The fraction of sp³-hybridized carbons (Fsp3) is 0.111. The molecule has 21 heavy (non-hydrogen) atoms. The Labute approximate surface area is 122 Å². The summed E-state index contributed by atoms with van der Waals surface area (Å²) < 4.78 is 27.6. The number of hydrogen-bond donors (Lipinski definition) is 1. The lowest BCUT2D eigenvalue weighted by Gasteiger charge is -2.17. The maximum atomic E-state index is 13.8. The quantitative estimate of drug-likeness (QED) is 0.688. The molecule has 1 nitrogen and oxygen atoms in total. The molecule has 3 rings (SSSR count). The molecule has 0 saturated heterocycles. The fourth-order valence-corrected chi connectivity index (χ4v) is 2.53. The van der Waals surface area contributed by atoms with Crippen molar-refractivity contribution < 1.29 is 8.78 Å². The Hall–Kier alpha value is -2.42. The normalized spacial score (nSPS) is 12.3. The maximum absolute atomic E-state index is 13.8. The largest absolute Gasteiger partial charge is 0.378 e. The highest BCUT2D eigenvalue weighted by Crippen LogP contribution is 2.26. The minimum Gasteiger partial charge on any atom is -0.378 e. The third-order valence-electron chi connectivity index (χ3n) is 3.57. The summed E-state index contributed by atoms with van der Waals surface area (Å²) in [6.07, 6.45) is 0. The second kappa shape index (κ2) is 5.52. The molecular formula is C18H15F2N. The first-order chi connectivity index (χ1) is 10.1. The molecule has 0 aliphatic carbocycles. The number of halogens is 2. The highest BCUT2D eigenvalue weighted by Gasteiger charge is 2.15. The van der Waals surface area contributed by atoms with E-state index >= 15 is 0 Å². The molecule has 0 aliphatic heterocycles. The Kier molecular flexibility index (Phi) is 3.57. The van der Waals surface area contributed by atoms with Crippen LogP contribution in [-0.2, 0) is 0 Å². The Morgan fingerprint density at radius 2 is 1.48 bits per heavy atom. The van der Waals surface area contributed by atoms with E-state index in [0.717, 1.165) is 16.5 Å². The van der Waals surface area contributed by atoms with Gasteiger partial charge in [0.2, 0.25) is 0 Å². The van der Waals surface area contributed by atoms with Crippen LogP contribution in [0.3, 0.4) is 0 Å². The average molecular weight is 283 g/mol. The lowest BCUT2D eigenvalue weighted by atomic mass is 10.1. The highest BCUT2D eigenvalue weighted by atomic mass is 19.1. The van der Waals surface area contributed by atoms with Crippen molar-refractivity contribution in [1.29, 1.82) is 0 Å². The molecule has 3 aromatic rings. The van der Waals surface area contributed by atoms with E-state index in [1.807, 2.05) is 42.5 Å². The molecule has 0 heterocycles. The molecule has 0 fully saturated rings. The van der Waals surface area contributed by atoms with Crippen molar-refractivity contribution in [2.45, 2.75) is 13.0 Å². The molecule has 1 N–H and O–H groups in total. The van der Waals surface area contributed by atoms with Crippen LogP contribution in [0.1, 0.15) is 18.5 Å². The molecule has 0 spiro atoms. The van der Waals surface area contributed by atoms with E-state index in [1.165, 1.54) is 18.2 Å². The van der Waals surface area contributed by atoms with Gasteiger partial charge in [0.1, 0.15) is 11.6 Å². The number of rotatable bonds is 3. The van der Waals surface area contributed by atoms with Crippen LogP contribution in [0.5, 0.6) is 0 Å². The van der Waals surface area contributed by atoms with Gasteiger partial charge in [0.25, 0.3) is 0 Å². The fourth-order valence-electron chi connectivity index (χ4n) is 2.53. The standard InChI is InChI=1S/C18H15F2N/c1-12(18-16(19)7-4-8-17(18)20)21-15-10-9-13-5-2-3-6-14(13)11-15/h2-12,21H,1H3. The monoisotopic (exact) mass is 283 g/mol. The second-order valence-electron chi connectivity index (χ2n) is 5.06. The molecule has 1 unspecified atom stereocenters. The molecule has 0 radical (unpaired) electrons. The highest BCUT2D eigenvalue weighted by molar-refractivity contribution is 5.85. The molecule has 0 bridgehead atoms. The summed E-state index contributed by atoms with van der Waals surface area (Å²) in [5.41, 5.74) is 0.898. The van der Waals surface area contributed by atoms with Gasteiger partial charge in [0.05, 0.1) is 6.04 Å². The average Bonchev–Trinajstić information content (AvgIpc) is 2.47. The second-order valence-corrected chi connectivity index (χ2v) is 5.06. The van der Waals surface area contributed by atoms with Gasteiger partial charge in [-0.05, 0) is 42.0 Å². The molecule has 0 amide bonds. The lowest BCUT2D eigenvalue weighted by Crippen LogP contribution is -2.10. The molecule has 1 atom stereocenters. The summed E-state index contributed by atoms with van der Waals surface area (Å²) in [6.45, 7) is 1.75. The molecule has 0 saturated carbocycles. The first-order valence-corrected chi connectivity index (χ1v) is 6.84. The zero-order chi connectivity index (χ0) is 14.8. The summed E-state index contributed by atoms with van der Waals surface area (Å²) in [5, 5.41) is 5.37. The van der Waals surface area contributed by atoms with Crippen LogP contribution in [0.25, 0.3) is 10.8 Å². The molecule has 3 aromatic carbocycles. The van der Waals surface area contributed by atoms with Gasteiger partial charge < -0.3 is 5.32 Å². The van der Waals surface area contributed by atoms with Crippen LogP contribution in [0.4, 0.5) is 14.5 Å². The Morgan fingerprint density at radius 3 is 2.19 bits per heavy atom. The molecule has 106 valence electrons. The Morgan fingerprint density at radius 1 is 0.810 bits per heavy atom. The summed E-state index contributed by atoms with van der Waals surface area (Å²) >= 11 is 0. The van der Waals surface area contributed by atoms with Crippen LogP contribution >= 0.6 is 0 Å². The van der Waals surface area contributed by atoms with Crippen molar-refractivity contribution in [1.82, 2.24) is 0 Å². The number of anilines is 1. The SMILES string of the molecule is CC(Nc1ccc2ccccc2c1)c1c(F)cccc1F. The zero-order valence-corrected chi connectivity index (χ0v) is 11.6. The number of fused-ring (bicyclic) bond motifs is 1. The summed E-state index contributed by atoms with van der Waals surface area (Å²) in [7, 11) is 0. The third kappa shape index (κ3) is 2.72. The third-order valence-corrected chi connectivity index (χ3v) is 3.57. The summed E-state index contributed by atoms with van der Waals surface area (Å²) in [5.74, 6) is -1.06. The molecule has 0 aliphatic rings. The van der Waals surface area contributed by atoms with E-state index in [-0.39, 0.29) is 5.56 Å². The Bertz CT molecular complexity index is 763. The minimum atomic E-state index is -0.532. The van der Waals surface area contributed by atoms with Crippen molar-refractivity contribution in [3.63, 3.8) is 0 Å². The van der Waals surface area contributed by atoms with Crippen LogP contribution in [0.15, 0.2) is 60.7 Å². The first kappa shape index (κ1) is 13.6. The van der Waals surface area contributed by atoms with Gasteiger partial charge in [-0.2, -0.15) is 0 Å². The van der Waals surface area contributed by atoms with Gasteiger partial charge in [-0.15, -0.1) is 0 Å². The smallest absolute Gasteiger partial charge is 0.131 e. The van der Waals surface area contributed by atoms with Gasteiger partial charge in [-0.25, -0.2) is 8.78 Å². The van der Waals surface area contributed by atoms with Crippen molar-refractivity contribution in [3.05, 3.63) is 77.9 Å². The predicted octanol–water partition coefficient (Wildman–Crippen LogP) is 5.29. The van der Waals surface area contributed by atoms with Gasteiger partial charge >= 0.3 is 0 Å². The van der Waals surface area contributed by atoms with E-state index in [1.54, 1.807) is 6.92 Å². The maximum Gasteiger partial charge on any atom is 0.131 e. The van der Waals surface area contributed by atoms with E-state index in [4.69, 9.17) is 0 Å². The summed E-state index contributed by atoms with van der Waals surface area (Å²) in [6, 6.07) is 17.3. The topological polar surface area (TPSA) is 12.0 Å². The number of benzene rings is 3. The van der Waals surface area contributed by atoms with Crippen molar-refractivity contribution in [2.24, 2.45) is 0 Å². The van der Waals surface area contributed by atoms with Crippen molar-refractivity contribution >= 4 is 16.5 Å². The zero-order valence-electron chi connectivity index (χ0n) is 11.6. The van der Waals surface area contributed by atoms with E-state index in [9.17, 15) is 8.78 Å².